The molecule has 0 saturated heterocycles. The first kappa shape index (κ1) is 26.7. The predicted octanol–water partition coefficient (Wildman–Crippen LogP) is 11.7. The molecule has 9 rings (SSSR count). The number of hydrogen-bond acceptors (Lipinski definition) is 6. The molecule has 6 aromatic rings. The van der Waals surface area contributed by atoms with Crippen molar-refractivity contribution in [2.75, 3.05) is 16.0 Å². The second kappa shape index (κ2) is 12.3. The Balaban J connectivity index is 0.000000103. The molecule has 3 N–H and O–H groups in total. The largest absolute Gasteiger partial charge is 0.354 e. The van der Waals surface area contributed by atoms with Gasteiger partial charge in [-0.15, -0.1) is 0 Å². The minimum absolute atomic E-state index is 1.20. The fraction of sp³-hybridized carbons (Fsp3) is 0. The molecule has 6 heteroatoms. The van der Waals surface area contributed by atoms with Gasteiger partial charge in [-0.05, 0) is 72.8 Å². The van der Waals surface area contributed by atoms with E-state index >= 15 is 0 Å². The third-order valence-corrected chi connectivity index (χ3v) is 10.2. The zero-order valence-corrected chi connectivity index (χ0v) is 25.0. The maximum absolute atomic E-state index is 3.42. The highest BCUT2D eigenvalue weighted by Gasteiger charge is 2.15. The molecule has 0 spiro atoms. The van der Waals surface area contributed by atoms with Crippen LogP contribution in [0.1, 0.15) is 0 Å². The van der Waals surface area contributed by atoms with Gasteiger partial charge in [0.2, 0.25) is 0 Å². The Labute approximate surface area is 259 Å². The third-order valence-electron chi connectivity index (χ3n) is 6.79. The fourth-order valence-corrected chi connectivity index (χ4v) is 7.71. The summed E-state index contributed by atoms with van der Waals surface area (Å²) in [6.07, 6.45) is 0. The van der Waals surface area contributed by atoms with Crippen molar-refractivity contribution in [3.63, 3.8) is 0 Å². The number of para-hydroxylation sites is 6. The molecule has 0 amide bonds. The van der Waals surface area contributed by atoms with Gasteiger partial charge in [0.1, 0.15) is 0 Å². The zero-order chi connectivity index (χ0) is 28.1. The Morgan fingerprint density at radius 2 is 0.405 bits per heavy atom. The van der Waals surface area contributed by atoms with Crippen LogP contribution in [0.3, 0.4) is 0 Å². The summed E-state index contributed by atoms with van der Waals surface area (Å²) < 4.78 is 0. The molecule has 3 aliphatic rings. The van der Waals surface area contributed by atoms with Crippen LogP contribution in [0.4, 0.5) is 34.1 Å². The summed E-state index contributed by atoms with van der Waals surface area (Å²) in [4.78, 5) is 7.78. The highest BCUT2D eigenvalue weighted by molar-refractivity contribution is 8.00. The van der Waals surface area contributed by atoms with Gasteiger partial charge in [0.05, 0.1) is 34.1 Å². The Hall–Kier alpha value is -4.23. The number of hydrogen-bond donors (Lipinski definition) is 3. The molecule has 3 nitrogen and oxygen atoms in total. The van der Waals surface area contributed by atoms with Gasteiger partial charge in [-0.2, -0.15) is 0 Å². The summed E-state index contributed by atoms with van der Waals surface area (Å²) in [5, 5.41) is 10.3. The Morgan fingerprint density at radius 3 is 0.595 bits per heavy atom. The van der Waals surface area contributed by atoms with E-state index < -0.39 is 0 Å². The monoisotopic (exact) mass is 597 g/mol. The highest BCUT2D eigenvalue weighted by Crippen LogP contribution is 2.45. The van der Waals surface area contributed by atoms with Crippen LogP contribution in [-0.4, -0.2) is 0 Å². The van der Waals surface area contributed by atoms with Crippen LogP contribution >= 0.6 is 35.3 Å². The summed E-state index contributed by atoms with van der Waals surface area (Å²) in [5.41, 5.74) is 7.23. The minimum atomic E-state index is 1.20. The van der Waals surface area contributed by atoms with Crippen molar-refractivity contribution in [1.29, 1.82) is 0 Å². The van der Waals surface area contributed by atoms with E-state index in [1.165, 1.54) is 63.5 Å². The van der Waals surface area contributed by atoms with Gasteiger partial charge in [0, 0.05) is 29.4 Å². The average molecular weight is 598 g/mol. The third kappa shape index (κ3) is 5.88. The zero-order valence-electron chi connectivity index (χ0n) is 22.6. The minimum Gasteiger partial charge on any atom is -0.354 e. The van der Waals surface area contributed by atoms with Crippen molar-refractivity contribution in [2.24, 2.45) is 0 Å². The predicted molar refractivity (Wildman–Crippen MR) is 181 cm³/mol. The first-order chi connectivity index (χ1) is 20.8. The molecule has 0 aromatic heterocycles. The van der Waals surface area contributed by atoms with Crippen LogP contribution in [0.25, 0.3) is 0 Å². The molecule has 6 aromatic carbocycles. The first-order valence-electron chi connectivity index (χ1n) is 13.7. The van der Waals surface area contributed by atoms with E-state index in [4.69, 9.17) is 0 Å². The van der Waals surface area contributed by atoms with E-state index in [-0.39, 0.29) is 0 Å². The van der Waals surface area contributed by atoms with Gasteiger partial charge < -0.3 is 16.0 Å². The smallest absolute Gasteiger partial charge is 0.0526 e. The number of benzene rings is 6. The molecule has 0 unspecified atom stereocenters. The summed E-state index contributed by atoms with van der Waals surface area (Å²) >= 11 is 5.46. The van der Waals surface area contributed by atoms with E-state index in [1.807, 2.05) is 35.3 Å². The van der Waals surface area contributed by atoms with Crippen LogP contribution in [-0.2, 0) is 0 Å². The van der Waals surface area contributed by atoms with Crippen molar-refractivity contribution in [1.82, 2.24) is 0 Å². The molecular weight excluding hydrogens is 571 g/mol. The first-order valence-corrected chi connectivity index (χ1v) is 16.1. The van der Waals surface area contributed by atoms with E-state index in [0.717, 1.165) is 0 Å². The number of rotatable bonds is 0. The lowest BCUT2D eigenvalue weighted by Gasteiger charge is -2.19. The Morgan fingerprint density at radius 1 is 0.238 bits per heavy atom. The van der Waals surface area contributed by atoms with Crippen LogP contribution < -0.4 is 16.0 Å². The molecule has 0 aliphatic carbocycles. The summed E-state index contributed by atoms with van der Waals surface area (Å²) in [6, 6.07) is 50.3. The second-order valence-corrected chi connectivity index (χ2v) is 12.9. The lowest BCUT2D eigenvalue weighted by Crippen LogP contribution is -1.98. The van der Waals surface area contributed by atoms with Crippen molar-refractivity contribution < 1.29 is 0 Å². The molecule has 0 radical (unpaired) electrons. The molecule has 3 heterocycles. The number of nitrogens with one attached hydrogen (secondary N) is 3. The number of fused-ring (bicyclic) bond motifs is 6. The van der Waals surface area contributed by atoms with Gasteiger partial charge in [-0.3, -0.25) is 0 Å². The Kier molecular flexibility index (Phi) is 7.83. The maximum atomic E-state index is 3.42. The summed E-state index contributed by atoms with van der Waals surface area (Å²) in [6.45, 7) is 0. The molecule has 204 valence electrons. The second-order valence-electron chi connectivity index (χ2n) is 9.66. The van der Waals surface area contributed by atoms with Crippen molar-refractivity contribution >= 4 is 69.4 Å². The van der Waals surface area contributed by atoms with Gasteiger partial charge in [0.25, 0.3) is 0 Å². The van der Waals surface area contributed by atoms with E-state index in [0.29, 0.717) is 0 Å². The van der Waals surface area contributed by atoms with E-state index in [1.54, 1.807) is 0 Å². The van der Waals surface area contributed by atoms with E-state index in [9.17, 15) is 0 Å². The Bertz CT molecular complexity index is 1390. The van der Waals surface area contributed by atoms with Crippen LogP contribution in [0.2, 0.25) is 0 Å². The summed E-state index contributed by atoms with van der Waals surface area (Å²) in [7, 11) is 0. The standard InChI is InChI=1S/3C12H9NS/c3*1-3-7-11-9(5-1)13-10-6-2-4-8-12(10)14-11/h3*1-8,13H. The highest BCUT2D eigenvalue weighted by atomic mass is 32.2. The molecule has 3 aliphatic heterocycles. The lowest BCUT2D eigenvalue weighted by molar-refractivity contribution is 1.32. The molecule has 0 fully saturated rings. The number of anilines is 6. The maximum Gasteiger partial charge on any atom is 0.0526 e. The molecule has 0 atom stereocenters. The van der Waals surface area contributed by atoms with Crippen LogP contribution in [0, 0.1) is 0 Å². The van der Waals surface area contributed by atoms with Gasteiger partial charge >= 0.3 is 0 Å². The summed E-state index contributed by atoms with van der Waals surface area (Å²) in [5.74, 6) is 0. The van der Waals surface area contributed by atoms with Crippen molar-refractivity contribution in [3.05, 3.63) is 146 Å². The quantitative estimate of drug-likeness (QED) is 0.161. The van der Waals surface area contributed by atoms with Crippen molar-refractivity contribution in [3.8, 4) is 0 Å². The van der Waals surface area contributed by atoms with Gasteiger partial charge in [0.15, 0.2) is 0 Å². The van der Waals surface area contributed by atoms with Gasteiger partial charge in [-0.1, -0.05) is 108 Å². The van der Waals surface area contributed by atoms with Gasteiger partial charge in [-0.25, -0.2) is 0 Å². The average Bonchev–Trinajstić information content (AvgIpc) is 3.06. The fourth-order valence-electron chi connectivity index (χ4n) is 4.74. The van der Waals surface area contributed by atoms with E-state index in [2.05, 4.69) is 162 Å². The molecule has 0 saturated carbocycles. The normalized spacial score (nSPS) is 12.6. The van der Waals surface area contributed by atoms with Crippen molar-refractivity contribution in [2.45, 2.75) is 29.4 Å². The molecule has 0 bridgehead atoms. The lowest BCUT2D eigenvalue weighted by atomic mass is 10.2. The molecular formula is C36H27N3S3. The molecule has 42 heavy (non-hydrogen) atoms. The van der Waals surface area contributed by atoms with Crippen LogP contribution in [0.5, 0.6) is 0 Å². The SMILES string of the molecule is c1ccc2c(c1)Nc1ccccc1S2.c1ccc2c(c1)Nc1ccccc1S2.c1ccc2c(c1)Nc1ccccc1S2. The van der Waals surface area contributed by atoms with Crippen LogP contribution in [0.15, 0.2) is 175 Å². The topological polar surface area (TPSA) is 36.1 Å².